The van der Waals surface area contributed by atoms with Gasteiger partial charge in [0, 0.05) is 10.7 Å². The van der Waals surface area contributed by atoms with E-state index < -0.39 is 17.9 Å². The van der Waals surface area contributed by atoms with E-state index >= 15 is 0 Å². The Morgan fingerprint density at radius 3 is 2.62 bits per heavy atom. The molecule has 0 aliphatic rings. The van der Waals surface area contributed by atoms with E-state index in [0.29, 0.717) is 27.1 Å². The van der Waals surface area contributed by atoms with Gasteiger partial charge >= 0.3 is 0 Å². The Labute approximate surface area is 192 Å². The van der Waals surface area contributed by atoms with E-state index in [1.807, 2.05) is 0 Å². The Morgan fingerprint density at radius 1 is 1.12 bits per heavy atom. The average Bonchev–Trinajstić information content (AvgIpc) is 3.29. The fraction of sp³-hybridized carbons (Fsp3) is 0.130. The predicted octanol–water partition coefficient (Wildman–Crippen LogP) is 5.69. The number of anilines is 1. The van der Waals surface area contributed by atoms with Crippen molar-refractivity contribution in [3.8, 4) is 23.0 Å². The fourth-order valence-corrected chi connectivity index (χ4v) is 3.50. The van der Waals surface area contributed by atoms with E-state index in [2.05, 4.69) is 5.32 Å². The molecule has 1 N–H and O–H groups in total. The normalized spacial score (nSPS) is 10.9. The van der Waals surface area contributed by atoms with E-state index in [4.69, 9.17) is 41.5 Å². The van der Waals surface area contributed by atoms with Crippen molar-refractivity contribution in [1.29, 1.82) is 0 Å². The van der Waals surface area contributed by atoms with E-state index in [1.54, 1.807) is 43.3 Å². The zero-order valence-electron chi connectivity index (χ0n) is 17.0. The number of methoxy groups -OCH3 is 1. The molecule has 2 heterocycles. The Balaban J connectivity index is 1.64. The minimum Gasteiger partial charge on any atom is -0.495 e. The van der Waals surface area contributed by atoms with E-state index in [0.717, 1.165) is 5.56 Å². The van der Waals surface area contributed by atoms with Gasteiger partial charge in [-0.15, -0.1) is 0 Å². The number of carbonyl (C=O) groups is 1. The van der Waals surface area contributed by atoms with Gasteiger partial charge in [-0.25, -0.2) is 0 Å². The maximum absolute atomic E-state index is 13.1. The van der Waals surface area contributed by atoms with Crippen molar-refractivity contribution in [2.45, 2.75) is 6.92 Å². The van der Waals surface area contributed by atoms with Gasteiger partial charge in [0.05, 0.1) is 23.8 Å². The highest BCUT2D eigenvalue weighted by molar-refractivity contribution is 6.32. The summed E-state index contributed by atoms with van der Waals surface area (Å²) in [4.78, 5) is 25.6. The van der Waals surface area contributed by atoms with Crippen molar-refractivity contribution >= 4 is 45.8 Å². The van der Waals surface area contributed by atoms with Crippen LogP contribution in [0.15, 0.2) is 62.4 Å². The molecule has 0 bridgehead atoms. The highest BCUT2D eigenvalue weighted by Gasteiger charge is 2.21. The average molecular weight is 474 g/mol. The van der Waals surface area contributed by atoms with Gasteiger partial charge in [-0.1, -0.05) is 23.2 Å². The number of rotatable bonds is 6. The molecule has 0 aliphatic heterocycles. The number of carbonyl (C=O) groups excluding carboxylic acids is 1. The third kappa shape index (κ3) is 4.30. The van der Waals surface area contributed by atoms with Crippen LogP contribution in [0.25, 0.3) is 22.5 Å². The Bertz CT molecular complexity index is 1360. The van der Waals surface area contributed by atoms with E-state index in [1.165, 1.54) is 19.4 Å². The van der Waals surface area contributed by atoms with Crippen LogP contribution in [0.5, 0.6) is 11.5 Å². The SMILES string of the molecule is COc1ccc(NC(=O)COc2c(-c3ccco3)oc3cc(C)c(Cl)cc3c2=O)cc1Cl. The molecule has 2 aromatic carbocycles. The van der Waals surface area contributed by atoms with Crippen LogP contribution in [0.1, 0.15) is 5.56 Å². The first-order chi connectivity index (χ1) is 15.4. The van der Waals surface area contributed by atoms with Crippen LogP contribution >= 0.6 is 23.2 Å². The number of hydrogen-bond donors (Lipinski definition) is 1. The van der Waals surface area contributed by atoms with Gasteiger partial charge in [-0.3, -0.25) is 9.59 Å². The Hall–Kier alpha value is -3.42. The molecule has 0 fully saturated rings. The summed E-state index contributed by atoms with van der Waals surface area (Å²) >= 11 is 12.3. The lowest BCUT2D eigenvalue weighted by atomic mass is 10.1. The highest BCUT2D eigenvalue weighted by Crippen LogP contribution is 2.33. The first-order valence-electron chi connectivity index (χ1n) is 9.44. The summed E-state index contributed by atoms with van der Waals surface area (Å²) in [5.74, 6) is 0.184. The van der Waals surface area contributed by atoms with E-state index in [-0.39, 0.29) is 22.7 Å². The largest absolute Gasteiger partial charge is 0.495 e. The zero-order valence-corrected chi connectivity index (χ0v) is 18.5. The first-order valence-corrected chi connectivity index (χ1v) is 10.2. The molecule has 0 radical (unpaired) electrons. The molecule has 7 nitrogen and oxygen atoms in total. The second kappa shape index (κ2) is 8.98. The molecule has 0 atom stereocenters. The number of halogens is 2. The second-order valence-corrected chi connectivity index (χ2v) is 7.66. The molecule has 4 aromatic rings. The van der Waals surface area contributed by atoms with Gasteiger partial charge in [-0.05, 0) is 55.0 Å². The maximum atomic E-state index is 13.1. The van der Waals surface area contributed by atoms with Crippen molar-refractivity contribution in [2.24, 2.45) is 0 Å². The number of ether oxygens (including phenoxy) is 2. The Morgan fingerprint density at radius 2 is 1.94 bits per heavy atom. The lowest BCUT2D eigenvalue weighted by Gasteiger charge is -2.12. The second-order valence-electron chi connectivity index (χ2n) is 6.85. The lowest BCUT2D eigenvalue weighted by molar-refractivity contribution is -0.118. The van der Waals surface area contributed by atoms with Crippen LogP contribution in [-0.4, -0.2) is 19.6 Å². The standard InChI is InChI=1S/C23H17Cl2NO6/c1-12-8-19-14(10-15(12)24)21(28)23(22(32-19)18-4-3-7-30-18)31-11-20(27)26-13-5-6-17(29-2)16(25)9-13/h3-10H,11H2,1-2H3,(H,26,27). The summed E-state index contributed by atoms with van der Waals surface area (Å²) < 4.78 is 22.0. The topological polar surface area (TPSA) is 90.9 Å². The molecule has 0 saturated heterocycles. The summed E-state index contributed by atoms with van der Waals surface area (Å²) in [5, 5.41) is 3.63. The van der Waals surface area contributed by atoms with Gasteiger partial charge in [0.25, 0.3) is 5.91 Å². The maximum Gasteiger partial charge on any atom is 0.262 e. The van der Waals surface area contributed by atoms with Crippen LogP contribution in [-0.2, 0) is 4.79 Å². The molecule has 0 saturated carbocycles. The molecule has 4 rings (SSSR count). The first kappa shape index (κ1) is 21.8. The number of aryl methyl sites for hydroxylation is 1. The van der Waals surface area contributed by atoms with E-state index in [9.17, 15) is 9.59 Å². The number of hydrogen-bond acceptors (Lipinski definition) is 6. The van der Waals surface area contributed by atoms with Crippen LogP contribution in [0.3, 0.4) is 0 Å². The third-order valence-electron chi connectivity index (χ3n) is 4.66. The molecular weight excluding hydrogens is 457 g/mol. The number of furan rings is 1. The molecular formula is C23H17Cl2NO6. The summed E-state index contributed by atoms with van der Waals surface area (Å²) in [7, 11) is 1.49. The quantitative estimate of drug-likeness (QED) is 0.386. The smallest absolute Gasteiger partial charge is 0.262 e. The fourth-order valence-electron chi connectivity index (χ4n) is 3.08. The van der Waals surface area contributed by atoms with Crippen molar-refractivity contribution < 1.29 is 23.1 Å². The number of fused-ring (bicyclic) bond motifs is 1. The Kier molecular flexibility index (Phi) is 6.12. The monoisotopic (exact) mass is 473 g/mol. The molecule has 0 unspecified atom stereocenters. The number of nitrogens with one attached hydrogen (secondary N) is 1. The van der Waals surface area contributed by atoms with Crippen molar-refractivity contribution in [1.82, 2.24) is 0 Å². The minimum absolute atomic E-state index is 0.0783. The lowest BCUT2D eigenvalue weighted by Crippen LogP contribution is -2.22. The van der Waals surface area contributed by atoms with Gasteiger partial charge in [0.1, 0.15) is 11.3 Å². The molecule has 164 valence electrons. The number of amides is 1. The molecule has 1 amide bonds. The van der Waals surface area contributed by atoms with Crippen LogP contribution in [0.2, 0.25) is 10.0 Å². The molecule has 0 aliphatic carbocycles. The molecule has 0 spiro atoms. The highest BCUT2D eigenvalue weighted by atomic mass is 35.5. The predicted molar refractivity (Wildman–Crippen MR) is 122 cm³/mol. The van der Waals surface area contributed by atoms with Crippen LogP contribution < -0.4 is 20.2 Å². The van der Waals surface area contributed by atoms with Crippen LogP contribution in [0.4, 0.5) is 5.69 Å². The van der Waals surface area contributed by atoms with Gasteiger partial charge in [-0.2, -0.15) is 0 Å². The van der Waals surface area contributed by atoms with Crippen molar-refractivity contribution in [3.63, 3.8) is 0 Å². The van der Waals surface area contributed by atoms with Crippen LogP contribution in [0, 0.1) is 6.92 Å². The van der Waals surface area contributed by atoms with Gasteiger partial charge in [0.2, 0.25) is 16.9 Å². The van der Waals surface area contributed by atoms with Crippen molar-refractivity contribution in [3.05, 3.63) is 74.6 Å². The van der Waals surface area contributed by atoms with Crippen molar-refractivity contribution in [2.75, 3.05) is 19.0 Å². The summed E-state index contributed by atoms with van der Waals surface area (Å²) in [6.07, 6.45) is 1.44. The molecule has 9 heteroatoms. The van der Waals surface area contributed by atoms with Gasteiger partial charge < -0.3 is 23.6 Å². The van der Waals surface area contributed by atoms with Gasteiger partial charge in [0.15, 0.2) is 12.4 Å². The summed E-state index contributed by atoms with van der Waals surface area (Å²) in [6, 6.07) is 11.2. The summed E-state index contributed by atoms with van der Waals surface area (Å²) in [5.41, 5.74) is 1.05. The zero-order chi connectivity index (χ0) is 22.8. The molecule has 32 heavy (non-hydrogen) atoms. The minimum atomic E-state index is -0.502. The number of benzene rings is 2. The summed E-state index contributed by atoms with van der Waals surface area (Å²) in [6.45, 7) is 1.35. The molecule has 2 aromatic heterocycles. The third-order valence-corrected chi connectivity index (χ3v) is 5.36.